The molecule has 0 aliphatic carbocycles. The van der Waals surface area contributed by atoms with E-state index in [1.807, 2.05) is 13.0 Å². The monoisotopic (exact) mass is 182 g/mol. The van der Waals surface area contributed by atoms with Crippen LogP contribution in [-0.4, -0.2) is 25.2 Å². The van der Waals surface area contributed by atoms with E-state index in [9.17, 15) is 0 Å². The molecule has 5 nitrogen and oxygen atoms in total. The van der Waals surface area contributed by atoms with Crippen LogP contribution >= 0.6 is 0 Å². The zero-order chi connectivity index (χ0) is 9.68. The Morgan fingerprint density at radius 2 is 2.46 bits per heavy atom. The molecule has 1 aromatic rings. The Labute approximate surface area is 77.2 Å². The van der Waals surface area contributed by atoms with Crippen molar-refractivity contribution in [2.75, 3.05) is 14.1 Å². The first-order chi connectivity index (χ1) is 6.26. The molecule has 13 heavy (non-hydrogen) atoms. The van der Waals surface area contributed by atoms with Crippen LogP contribution in [0, 0.1) is 6.92 Å². The average molecular weight is 182 g/mol. The third kappa shape index (κ3) is 2.77. The van der Waals surface area contributed by atoms with Gasteiger partial charge in [-0.25, -0.2) is 0 Å². The third-order valence-electron chi connectivity index (χ3n) is 1.57. The Hall–Kier alpha value is -1.52. The van der Waals surface area contributed by atoms with Gasteiger partial charge in [0, 0.05) is 20.2 Å². The van der Waals surface area contributed by atoms with Gasteiger partial charge in [0.05, 0.1) is 12.2 Å². The van der Waals surface area contributed by atoms with E-state index in [0.717, 1.165) is 17.4 Å². The van der Waals surface area contributed by atoms with E-state index in [-0.39, 0.29) is 0 Å². The van der Waals surface area contributed by atoms with Crippen LogP contribution in [0.5, 0.6) is 0 Å². The van der Waals surface area contributed by atoms with Crippen molar-refractivity contribution in [2.45, 2.75) is 13.5 Å². The molecule has 0 radical (unpaired) electrons. The lowest BCUT2D eigenvalue weighted by atomic mass is 10.4. The predicted molar refractivity (Wildman–Crippen MR) is 50.5 cm³/mol. The highest BCUT2D eigenvalue weighted by Gasteiger charge is 2.00. The summed E-state index contributed by atoms with van der Waals surface area (Å²) in [4.78, 5) is 3.96. The van der Waals surface area contributed by atoms with Crippen LogP contribution in [0.15, 0.2) is 15.6 Å². The maximum absolute atomic E-state index is 5.01. The average Bonchev–Trinajstić information content (AvgIpc) is 2.53. The van der Waals surface area contributed by atoms with Crippen LogP contribution in [0.25, 0.3) is 0 Å². The largest absolute Gasteiger partial charge is 0.359 e. The van der Waals surface area contributed by atoms with Crippen molar-refractivity contribution in [3.8, 4) is 0 Å². The van der Waals surface area contributed by atoms with E-state index < -0.39 is 0 Å². The fourth-order valence-electron chi connectivity index (χ4n) is 0.950. The molecule has 0 amide bonds. The number of guanidine groups is 1. The second-order valence-corrected chi connectivity index (χ2v) is 2.61. The van der Waals surface area contributed by atoms with Crippen LogP contribution < -0.4 is 10.6 Å². The third-order valence-corrected chi connectivity index (χ3v) is 1.57. The number of nitrogens with zero attached hydrogens (tertiary/aromatic N) is 2. The van der Waals surface area contributed by atoms with E-state index in [1.165, 1.54) is 0 Å². The van der Waals surface area contributed by atoms with Crippen molar-refractivity contribution in [2.24, 2.45) is 4.99 Å². The first kappa shape index (κ1) is 9.57. The van der Waals surface area contributed by atoms with Gasteiger partial charge in [-0.15, -0.1) is 0 Å². The number of aryl methyl sites for hydroxylation is 1. The second-order valence-electron chi connectivity index (χ2n) is 2.61. The Morgan fingerprint density at radius 3 is 2.92 bits per heavy atom. The first-order valence-electron chi connectivity index (χ1n) is 4.07. The Balaban J connectivity index is 2.43. The fraction of sp³-hybridized carbons (Fsp3) is 0.500. The molecule has 1 aromatic heterocycles. The molecular formula is C8H14N4O. The van der Waals surface area contributed by atoms with E-state index in [4.69, 9.17) is 4.52 Å². The van der Waals surface area contributed by atoms with E-state index in [0.29, 0.717) is 6.54 Å². The quantitative estimate of drug-likeness (QED) is 0.509. The molecule has 0 saturated heterocycles. The van der Waals surface area contributed by atoms with Gasteiger partial charge in [0.25, 0.3) is 0 Å². The van der Waals surface area contributed by atoms with Gasteiger partial charge < -0.3 is 15.2 Å². The number of aromatic nitrogens is 1. The van der Waals surface area contributed by atoms with E-state index in [2.05, 4.69) is 20.8 Å². The second kappa shape index (κ2) is 4.49. The zero-order valence-corrected chi connectivity index (χ0v) is 8.09. The van der Waals surface area contributed by atoms with Crippen molar-refractivity contribution >= 4 is 5.96 Å². The van der Waals surface area contributed by atoms with Crippen LogP contribution in [0.4, 0.5) is 0 Å². The van der Waals surface area contributed by atoms with Crippen LogP contribution in [-0.2, 0) is 6.54 Å². The van der Waals surface area contributed by atoms with Gasteiger partial charge in [0.2, 0.25) is 0 Å². The maximum Gasteiger partial charge on any atom is 0.191 e. The number of hydrogen-bond donors (Lipinski definition) is 2. The molecule has 0 atom stereocenters. The lowest BCUT2D eigenvalue weighted by Gasteiger charge is -2.05. The summed E-state index contributed by atoms with van der Waals surface area (Å²) in [5.41, 5.74) is 0.885. The van der Waals surface area contributed by atoms with Crippen LogP contribution in [0.1, 0.15) is 11.5 Å². The summed E-state index contributed by atoms with van der Waals surface area (Å²) >= 11 is 0. The topological polar surface area (TPSA) is 62.5 Å². The molecule has 0 bridgehead atoms. The summed E-state index contributed by atoms with van der Waals surface area (Å²) in [6, 6.07) is 1.88. The smallest absolute Gasteiger partial charge is 0.191 e. The molecule has 5 heteroatoms. The fourth-order valence-corrected chi connectivity index (χ4v) is 0.950. The van der Waals surface area contributed by atoms with Crippen molar-refractivity contribution in [1.29, 1.82) is 0 Å². The minimum Gasteiger partial charge on any atom is -0.359 e. The summed E-state index contributed by atoms with van der Waals surface area (Å²) in [6.07, 6.45) is 0. The van der Waals surface area contributed by atoms with E-state index in [1.54, 1.807) is 14.1 Å². The van der Waals surface area contributed by atoms with Crippen LogP contribution in [0.2, 0.25) is 0 Å². The van der Waals surface area contributed by atoms with Crippen molar-refractivity contribution in [1.82, 2.24) is 15.8 Å². The first-order valence-corrected chi connectivity index (χ1v) is 4.07. The van der Waals surface area contributed by atoms with Gasteiger partial charge in [0.15, 0.2) is 11.7 Å². The molecule has 0 fully saturated rings. The highest BCUT2D eigenvalue weighted by molar-refractivity contribution is 5.79. The van der Waals surface area contributed by atoms with Gasteiger partial charge >= 0.3 is 0 Å². The maximum atomic E-state index is 5.01. The molecule has 0 saturated carbocycles. The summed E-state index contributed by atoms with van der Waals surface area (Å²) in [7, 11) is 3.52. The van der Waals surface area contributed by atoms with Crippen molar-refractivity contribution < 1.29 is 4.52 Å². The minimum atomic E-state index is 0.592. The molecule has 0 aliphatic rings. The number of aliphatic imine (C=N–C) groups is 1. The summed E-state index contributed by atoms with van der Waals surface area (Å²) in [5, 5.41) is 9.73. The molecular weight excluding hydrogens is 168 g/mol. The SMILES string of the molecule is CN=C(NC)NCc1cc(C)no1. The van der Waals surface area contributed by atoms with Gasteiger partial charge in [-0.1, -0.05) is 5.16 Å². The molecule has 72 valence electrons. The van der Waals surface area contributed by atoms with Crippen LogP contribution in [0.3, 0.4) is 0 Å². The molecule has 2 N–H and O–H groups in total. The standard InChI is InChI=1S/C8H14N4O/c1-6-4-7(13-12-6)5-11-8(9-2)10-3/h4H,5H2,1-3H3,(H2,9,10,11). The number of nitrogens with one attached hydrogen (secondary N) is 2. The lowest BCUT2D eigenvalue weighted by molar-refractivity contribution is 0.376. The number of hydrogen-bond acceptors (Lipinski definition) is 3. The van der Waals surface area contributed by atoms with Crippen molar-refractivity contribution in [3.05, 3.63) is 17.5 Å². The van der Waals surface area contributed by atoms with E-state index >= 15 is 0 Å². The Kier molecular flexibility index (Phi) is 3.31. The van der Waals surface area contributed by atoms with Gasteiger partial charge in [0.1, 0.15) is 0 Å². The predicted octanol–water partition coefficient (Wildman–Crippen LogP) is 0.278. The zero-order valence-electron chi connectivity index (χ0n) is 8.09. The highest BCUT2D eigenvalue weighted by Crippen LogP contribution is 2.00. The molecule has 0 aliphatic heterocycles. The summed E-state index contributed by atoms with van der Waals surface area (Å²) in [5.74, 6) is 1.53. The summed E-state index contributed by atoms with van der Waals surface area (Å²) < 4.78 is 5.01. The Bertz CT molecular complexity index is 292. The molecule has 0 spiro atoms. The van der Waals surface area contributed by atoms with Crippen molar-refractivity contribution in [3.63, 3.8) is 0 Å². The summed E-state index contributed by atoms with van der Waals surface area (Å²) in [6.45, 7) is 2.48. The molecule has 1 rings (SSSR count). The molecule has 0 unspecified atom stereocenters. The minimum absolute atomic E-state index is 0.592. The highest BCUT2D eigenvalue weighted by atomic mass is 16.5. The normalized spacial score (nSPS) is 11.5. The molecule has 1 heterocycles. The van der Waals surface area contributed by atoms with Gasteiger partial charge in [-0.2, -0.15) is 0 Å². The number of rotatable bonds is 2. The Morgan fingerprint density at radius 1 is 1.69 bits per heavy atom. The van der Waals surface area contributed by atoms with Gasteiger partial charge in [-0.05, 0) is 6.92 Å². The van der Waals surface area contributed by atoms with Gasteiger partial charge in [-0.3, -0.25) is 4.99 Å². The molecule has 0 aromatic carbocycles. The lowest BCUT2D eigenvalue weighted by Crippen LogP contribution is -2.33.